The Labute approximate surface area is 175 Å². The molecule has 0 spiro atoms. The van der Waals surface area contributed by atoms with Gasteiger partial charge in [0.2, 0.25) is 0 Å². The van der Waals surface area contributed by atoms with Crippen LogP contribution in [-0.4, -0.2) is 51.9 Å². The minimum absolute atomic E-state index is 0.275. The number of urea groups is 1. The van der Waals surface area contributed by atoms with Crippen molar-refractivity contribution in [1.82, 2.24) is 9.80 Å². The lowest BCUT2D eigenvalue weighted by Crippen LogP contribution is -2.40. The van der Waals surface area contributed by atoms with Crippen molar-refractivity contribution in [3.8, 4) is 0 Å². The number of hydrogen-bond donors (Lipinski definition) is 2. The molecule has 1 aliphatic heterocycles. The fourth-order valence-corrected chi connectivity index (χ4v) is 3.55. The summed E-state index contributed by atoms with van der Waals surface area (Å²) in [5.74, 6) is -1.28. The van der Waals surface area contributed by atoms with Crippen molar-refractivity contribution < 1.29 is 19.5 Å². The van der Waals surface area contributed by atoms with Gasteiger partial charge >= 0.3 is 12.0 Å². The Kier molecular flexibility index (Phi) is 6.85. The van der Waals surface area contributed by atoms with Crippen molar-refractivity contribution in [2.45, 2.75) is 25.4 Å². The summed E-state index contributed by atoms with van der Waals surface area (Å²) in [5.41, 5.74) is 1.88. The van der Waals surface area contributed by atoms with Crippen molar-refractivity contribution in [3.63, 3.8) is 0 Å². The number of para-hydroxylation sites is 1. The predicted molar refractivity (Wildman–Crippen MR) is 114 cm³/mol. The van der Waals surface area contributed by atoms with Crippen molar-refractivity contribution in [1.29, 1.82) is 0 Å². The van der Waals surface area contributed by atoms with Gasteiger partial charge in [-0.3, -0.25) is 4.79 Å². The number of hydrogen-bond acceptors (Lipinski definition) is 3. The number of carboxylic acids is 1. The van der Waals surface area contributed by atoms with Crippen LogP contribution in [0.4, 0.5) is 10.5 Å². The van der Waals surface area contributed by atoms with E-state index in [2.05, 4.69) is 11.9 Å². The van der Waals surface area contributed by atoms with Gasteiger partial charge in [0, 0.05) is 30.9 Å². The van der Waals surface area contributed by atoms with Crippen molar-refractivity contribution in [2.24, 2.45) is 0 Å². The van der Waals surface area contributed by atoms with Crippen LogP contribution < -0.4 is 5.32 Å². The van der Waals surface area contributed by atoms with E-state index in [-0.39, 0.29) is 18.5 Å². The van der Waals surface area contributed by atoms with Crippen LogP contribution in [0.1, 0.15) is 28.8 Å². The summed E-state index contributed by atoms with van der Waals surface area (Å²) in [6.07, 6.45) is 2.78. The Morgan fingerprint density at radius 3 is 2.63 bits per heavy atom. The Morgan fingerprint density at radius 1 is 1.17 bits per heavy atom. The highest BCUT2D eigenvalue weighted by Crippen LogP contribution is 2.21. The molecule has 0 bridgehead atoms. The molecular formula is C23H25N3O4. The number of benzene rings is 2. The van der Waals surface area contributed by atoms with Crippen LogP contribution in [0, 0.1) is 0 Å². The summed E-state index contributed by atoms with van der Waals surface area (Å²) in [6, 6.07) is 15.1. The van der Waals surface area contributed by atoms with E-state index < -0.39 is 12.0 Å². The second kappa shape index (κ2) is 9.73. The highest BCUT2D eigenvalue weighted by Gasteiger charge is 2.34. The number of carbonyl (C=O) groups excluding carboxylic acids is 2. The first kappa shape index (κ1) is 21.1. The molecule has 1 saturated heterocycles. The molecule has 3 amide bonds. The Morgan fingerprint density at radius 2 is 1.93 bits per heavy atom. The molecule has 7 nitrogen and oxygen atoms in total. The van der Waals surface area contributed by atoms with Gasteiger partial charge in [0.15, 0.2) is 0 Å². The molecule has 2 N–H and O–H groups in total. The van der Waals surface area contributed by atoms with E-state index in [1.54, 1.807) is 41.3 Å². The summed E-state index contributed by atoms with van der Waals surface area (Å²) in [7, 11) is 0. The molecule has 0 radical (unpaired) electrons. The van der Waals surface area contributed by atoms with Crippen LogP contribution in [0.5, 0.6) is 0 Å². The molecule has 156 valence electrons. The third-order valence-corrected chi connectivity index (χ3v) is 5.01. The predicted octanol–water partition coefficient (Wildman–Crippen LogP) is 3.60. The molecule has 1 aliphatic rings. The van der Waals surface area contributed by atoms with Crippen LogP contribution in [-0.2, 0) is 11.3 Å². The van der Waals surface area contributed by atoms with E-state index in [0.29, 0.717) is 37.2 Å². The molecule has 1 fully saturated rings. The highest BCUT2D eigenvalue weighted by molar-refractivity contribution is 5.97. The van der Waals surface area contributed by atoms with Gasteiger partial charge in [-0.05, 0) is 42.7 Å². The maximum atomic E-state index is 12.9. The van der Waals surface area contributed by atoms with Crippen LogP contribution >= 0.6 is 0 Å². The normalized spacial score (nSPS) is 15.5. The average molecular weight is 407 g/mol. The molecule has 2 aromatic rings. The number of anilines is 1. The maximum absolute atomic E-state index is 12.9. The van der Waals surface area contributed by atoms with E-state index in [9.17, 15) is 19.5 Å². The zero-order valence-electron chi connectivity index (χ0n) is 16.7. The highest BCUT2D eigenvalue weighted by atomic mass is 16.4. The van der Waals surface area contributed by atoms with Gasteiger partial charge in [-0.25, -0.2) is 9.59 Å². The lowest BCUT2D eigenvalue weighted by Gasteiger charge is -2.23. The fourth-order valence-electron chi connectivity index (χ4n) is 3.55. The molecule has 0 unspecified atom stereocenters. The van der Waals surface area contributed by atoms with Gasteiger partial charge in [0.1, 0.15) is 6.04 Å². The number of nitrogens with one attached hydrogen (secondary N) is 1. The molecule has 0 aliphatic carbocycles. The molecule has 30 heavy (non-hydrogen) atoms. The first-order valence-electron chi connectivity index (χ1n) is 9.84. The van der Waals surface area contributed by atoms with E-state index >= 15 is 0 Å². The largest absolute Gasteiger partial charge is 0.480 e. The van der Waals surface area contributed by atoms with Gasteiger partial charge in [0.25, 0.3) is 5.91 Å². The molecule has 0 saturated carbocycles. The third kappa shape index (κ3) is 5.05. The van der Waals surface area contributed by atoms with Crippen molar-refractivity contribution in [3.05, 3.63) is 78.4 Å². The van der Waals surface area contributed by atoms with Gasteiger partial charge in [0.05, 0.1) is 0 Å². The SMILES string of the molecule is C=CCN(Cc1cccc(C(=O)N2CCC[C@@H]2C(=O)O)c1)C(=O)Nc1ccccc1. The zero-order valence-corrected chi connectivity index (χ0v) is 16.7. The molecule has 1 heterocycles. The van der Waals surface area contributed by atoms with Crippen LogP contribution in [0.15, 0.2) is 67.3 Å². The number of amides is 3. The Balaban J connectivity index is 1.73. The number of rotatable bonds is 7. The lowest BCUT2D eigenvalue weighted by molar-refractivity contribution is -0.141. The number of aliphatic carboxylic acids is 1. The zero-order chi connectivity index (χ0) is 21.5. The topological polar surface area (TPSA) is 90.0 Å². The average Bonchev–Trinajstić information content (AvgIpc) is 3.24. The summed E-state index contributed by atoms with van der Waals surface area (Å²) >= 11 is 0. The molecule has 0 aromatic heterocycles. The minimum Gasteiger partial charge on any atom is -0.480 e. The lowest BCUT2D eigenvalue weighted by atomic mass is 10.1. The molecule has 1 atom stereocenters. The second-order valence-electron chi connectivity index (χ2n) is 7.16. The van der Waals surface area contributed by atoms with Gasteiger partial charge in [-0.1, -0.05) is 36.4 Å². The number of carbonyl (C=O) groups is 3. The van der Waals surface area contributed by atoms with Crippen LogP contribution in [0.25, 0.3) is 0 Å². The van der Waals surface area contributed by atoms with E-state index in [4.69, 9.17) is 0 Å². The maximum Gasteiger partial charge on any atom is 0.326 e. The Bertz CT molecular complexity index is 929. The summed E-state index contributed by atoms with van der Waals surface area (Å²) < 4.78 is 0. The quantitative estimate of drug-likeness (QED) is 0.687. The van der Waals surface area contributed by atoms with Crippen molar-refractivity contribution in [2.75, 3.05) is 18.4 Å². The monoisotopic (exact) mass is 407 g/mol. The van der Waals surface area contributed by atoms with Gasteiger partial charge in [-0.15, -0.1) is 6.58 Å². The molecule has 3 rings (SSSR count). The summed E-state index contributed by atoms with van der Waals surface area (Å²) in [4.78, 5) is 39.9. The summed E-state index contributed by atoms with van der Waals surface area (Å²) in [5, 5.41) is 12.2. The second-order valence-corrected chi connectivity index (χ2v) is 7.16. The first-order chi connectivity index (χ1) is 14.5. The fraction of sp³-hybridized carbons (Fsp3) is 0.261. The van der Waals surface area contributed by atoms with Gasteiger partial charge in [-0.2, -0.15) is 0 Å². The van der Waals surface area contributed by atoms with E-state index in [1.165, 1.54) is 4.90 Å². The number of likely N-dealkylation sites (tertiary alicyclic amines) is 1. The van der Waals surface area contributed by atoms with Gasteiger partial charge < -0.3 is 20.2 Å². The van der Waals surface area contributed by atoms with Crippen LogP contribution in [0.2, 0.25) is 0 Å². The third-order valence-electron chi connectivity index (χ3n) is 5.01. The first-order valence-corrected chi connectivity index (χ1v) is 9.84. The number of carboxylic acid groups (broad SMARTS) is 1. The number of nitrogens with zero attached hydrogens (tertiary/aromatic N) is 2. The molecule has 7 heteroatoms. The molecular weight excluding hydrogens is 382 g/mol. The van der Waals surface area contributed by atoms with Crippen molar-refractivity contribution >= 4 is 23.6 Å². The van der Waals surface area contributed by atoms with E-state index in [1.807, 2.05) is 24.3 Å². The van der Waals surface area contributed by atoms with Crippen LogP contribution in [0.3, 0.4) is 0 Å². The minimum atomic E-state index is -0.980. The van der Waals surface area contributed by atoms with E-state index in [0.717, 1.165) is 5.56 Å². The standard InChI is InChI=1S/C23H25N3O4/c1-2-13-25(23(30)24-19-10-4-3-5-11-19)16-17-8-6-9-18(15-17)21(27)26-14-7-12-20(26)22(28)29/h2-6,8-11,15,20H,1,7,12-14,16H2,(H,24,30)(H,28,29)/t20-/m1/s1. The smallest absolute Gasteiger partial charge is 0.326 e. The molecule has 2 aromatic carbocycles. The summed E-state index contributed by atoms with van der Waals surface area (Å²) in [6.45, 7) is 4.77. The Hall–Kier alpha value is -3.61.